The second-order valence-corrected chi connectivity index (χ2v) is 5.93. The Bertz CT molecular complexity index is 709. The Morgan fingerprint density at radius 3 is 2.73 bits per heavy atom. The molecule has 114 valence electrons. The second kappa shape index (κ2) is 5.93. The van der Waals surface area contributed by atoms with Gasteiger partial charge in [-0.05, 0) is 25.5 Å². The van der Waals surface area contributed by atoms with E-state index in [1.165, 1.54) is 4.90 Å². The number of nitrogens with zero attached hydrogens (tertiary/aromatic N) is 3. The number of fused-ring (bicyclic) bond motifs is 1. The second-order valence-electron chi connectivity index (χ2n) is 5.28. The zero-order chi connectivity index (χ0) is 15.7. The minimum atomic E-state index is -0.650. The van der Waals surface area contributed by atoms with E-state index in [1.807, 2.05) is 30.3 Å². The van der Waals surface area contributed by atoms with Crippen molar-refractivity contribution in [3.63, 3.8) is 0 Å². The van der Waals surface area contributed by atoms with Crippen molar-refractivity contribution < 1.29 is 9.59 Å². The van der Waals surface area contributed by atoms with Gasteiger partial charge in [-0.2, -0.15) is 0 Å². The average molecular weight is 318 g/mol. The molecule has 1 aromatic carbocycles. The molecular formula is C16H16ClN3O2. The molecule has 2 aromatic rings. The molecule has 0 aliphatic carbocycles. The first-order valence-corrected chi connectivity index (χ1v) is 7.65. The maximum Gasteiger partial charge on any atom is 0.245 e. The Morgan fingerprint density at radius 1 is 1.32 bits per heavy atom. The summed E-state index contributed by atoms with van der Waals surface area (Å²) in [7, 11) is 0. The molecule has 0 saturated heterocycles. The van der Waals surface area contributed by atoms with Crippen LogP contribution in [0.1, 0.15) is 30.1 Å². The molecule has 0 spiro atoms. The highest BCUT2D eigenvalue weighted by Gasteiger charge is 2.30. The van der Waals surface area contributed by atoms with Crippen LogP contribution in [-0.4, -0.2) is 33.4 Å². The maximum atomic E-state index is 12.3. The minimum Gasteiger partial charge on any atom is -0.294 e. The number of halogens is 1. The van der Waals surface area contributed by atoms with Crippen molar-refractivity contribution in [3.05, 3.63) is 42.1 Å². The number of carbonyl (C=O) groups is 2. The Hall–Kier alpha value is -2.14. The zero-order valence-corrected chi connectivity index (χ0v) is 13.0. The van der Waals surface area contributed by atoms with Gasteiger partial charge in [-0.3, -0.25) is 14.5 Å². The standard InChI is InChI=1S/C16H16ClN3O2/c1-11(17)16(22)19-9-5-8-14(21)13-10-20(18-15(13)19)12-6-3-2-4-7-12/h2-4,6-7,10-11H,5,8-9H2,1H3. The van der Waals surface area contributed by atoms with Crippen molar-refractivity contribution >= 4 is 29.1 Å². The van der Waals surface area contributed by atoms with Crippen LogP contribution in [0.5, 0.6) is 0 Å². The number of aromatic nitrogens is 2. The normalized spacial score (nSPS) is 16.1. The average Bonchev–Trinajstić information content (AvgIpc) is 2.90. The zero-order valence-electron chi connectivity index (χ0n) is 12.2. The van der Waals surface area contributed by atoms with Crippen molar-refractivity contribution in [2.75, 3.05) is 11.4 Å². The van der Waals surface area contributed by atoms with Gasteiger partial charge in [0.1, 0.15) is 5.38 Å². The SMILES string of the molecule is CC(Cl)C(=O)N1CCCC(=O)c2cn(-c3ccccc3)nc21. The van der Waals surface area contributed by atoms with E-state index in [-0.39, 0.29) is 11.7 Å². The molecular weight excluding hydrogens is 302 g/mol. The van der Waals surface area contributed by atoms with E-state index >= 15 is 0 Å². The first-order valence-electron chi connectivity index (χ1n) is 7.21. The summed E-state index contributed by atoms with van der Waals surface area (Å²) in [5.41, 5.74) is 1.32. The summed E-state index contributed by atoms with van der Waals surface area (Å²) in [5, 5.41) is 3.81. The van der Waals surface area contributed by atoms with Gasteiger partial charge in [-0.15, -0.1) is 16.7 Å². The molecule has 0 fully saturated rings. The van der Waals surface area contributed by atoms with E-state index < -0.39 is 5.38 Å². The fourth-order valence-corrected chi connectivity index (χ4v) is 2.66. The molecule has 6 heteroatoms. The van der Waals surface area contributed by atoms with E-state index in [0.29, 0.717) is 30.8 Å². The first kappa shape index (κ1) is 14.8. The topological polar surface area (TPSA) is 55.2 Å². The Morgan fingerprint density at radius 2 is 2.05 bits per heavy atom. The molecule has 1 aliphatic rings. The number of para-hydroxylation sites is 1. The van der Waals surface area contributed by atoms with Crippen molar-refractivity contribution in [2.24, 2.45) is 0 Å². The van der Waals surface area contributed by atoms with Crippen molar-refractivity contribution in [1.82, 2.24) is 9.78 Å². The molecule has 1 unspecified atom stereocenters. The Balaban J connectivity index is 2.08. The number of hydrogen-bond donors (Lipinski definition) is 0. The van der Waals surface area contributed by atoms with Crippen LogP contribution in [0.25, 0.3) is 5.69 Å². The number of hydrogen-bond acceptors (Lipinski definition) is 3. The molecule has 1 amide bonds. The van der Waals surface area contributed by atoms with Crippen LogP contribution in [-0.2, 0) is 4.79 Å². The molecule has 0 saturated carbocycles. The number of anilines is 1. The smallest absolute Gasteiger partial charge is 0.245 e. The lowest BCUT2D eigenvalue weighted by molar-refractivity contribution is -0.118. The van der Waals surface area contributed by atoms with Crippen LogP contribution in [0.2, 0.25) is 0 Å². The number of benzene rings is 1. The number of rotatable bonds is 2. The monoisotopic (exact) mass is 317 g/mol. The fraction of sp³-hybridized carbons (Fsp3) is 0.312. The number of alkyl halides is 1. The first-order chi connectivity index (χ1) is 10.6. The quantitative estimate of drug-likeness (QED) is 0.800. The lowest BCUT2D eigenvalue weighted by Gasteiger charge is -2.20. The highest BCUT2D eigenvalue weighted by atomic mass is 35.5. The summed E-state index contributed by atoms with van der Waals surface area (Å²) in [6.07, 6.45) is 2.72. The summed E-state index contributed by atoms with van der Waals surface area (Å²) >= 11 is 5.93. The number of ketones is 1. The van der Waals surface area contributed by atoms with Crippen molar-refractivity contribution in [3.8, 4) is 5.69 Å². The molecule has 3 rings (SSSR count). The molecule has 0 N–H and O–H groups in total. The molecule has 1 aromatic heterocycles. The molecule has 5 nitrogen and oxygen atoms in total. The van der Waals surface area contributed by atoms with Gasteiger partial charge in [-0.25, -0.2) is 4.68 Å². The van der Waals surface area contributed by atoms with Gasteiger partial charge in [0.05, 0.1) is 11.3 Å². The van der Waals surface area contributed by atoms with E-state index in [9.17, 15) is 9.59 Å². The fourth-order valence-electron chi connectivity index (χ4n) is 2.54. The lowest BCUT2D eigenvalue weighted by atomic mass is 10.1. The largest absolute Gasteiger partial charge is 0.294 e. The van der Waals surface area contributed by atoms with Gasteiger partial charge in [0.15, 0.2) is 11.6 Å². The van der Waals surface area contributed by atoms with E-state index in [4.69, 9.17) is 11.6 Å². The molecule has 2 heterocycles. The predicted octanol–water partition coefficient (Wildman–Crippen LogP) is 2.81. The van der Waals surface area contributed by atoms with Crippen molar-refractivity contribution in [1.29, 1.82) is 0 Å². The third kappa shape index (κ3) is 2.64. The van der Waals surface area contributed by atoms with Crippen LogP contribution in [0.3, 0.4) is 0 Å². The number of carbonyl (C=O) groups excluding carboxylic acids is 2. The Labute approximate surface area is 133 Å². The van der Waals surface area contributed by atoms with Gasteiger partial charge in [0.2, 0.25) is 5.91 Å². The highest BCUT2D eigenvalue weighted by Crippen LogP contribution is 2.27. The summed E-state index contributed by atoms with van der Waals surface area (Å²) in [6.45, 7) is 2.09. The predicted molar refractivity (Wildman–Crippen MR) is 84.8 cm³/mol. The van der Waals surface area contributed by atoms with Crippen LogP contribution in [0.4, 0.5) is 5.82 Å². The summed E-state index contributed by atoms with van der Waals surface area (Å²) in [4.78, 5) is 26.1. The van der Waals surface area contributed by atoms with Crippen LogP contribution in [0, 0.1) is 0 Å². The van der Waals surface area contributed by atoms with Gasteiger partial charge < -0.3 is 0 Å². The minimum absolute atomic E-state index is 0.00899. The molecule has 0 radical (unpaired) electrons. The molecule has 0 bridgehead atoms. The number of amides is 1. The Kier molecular flexibility index (Phi) is 3.98. The summed E-state index contributed by atoms with van der Waals surface area (Å²) < 4.78 is 1.63. The van der Waals surface area contributed by atoms with E-state index in [0.717, 1.165) is 5.69 Å². The van der Waals surface area contributed by atoms with Crippen molar-refractivity contribution in [2.45, 2.75) is 25.1 Å². The van der Waals surface area contributed by atoms with Gasteiger partial charge in [0, 0.05) is 19.2 Å². The van der Waals surface area contributed by atoms with Crippen LogP contribution < -0.4 is 4.90 Å². The van der Waals surface area contributed by atoms with Gasteiger partial charge >= 0.3 is 0 Å². The molecule has 22 heavy (non-hydrogen) atoms. The highest BCUT2D eigenvalue weighted by molar-refractivity contribution is 6.32. The van der Waals surface area contributed by atoms with Gasteiger partial charge in [0.25, 0.3) is 0 Å². The van der Waals surface area contributed by atoms with Gasteiger partial charge in [-0.1, -0.05) is 18.2 Å². The lowest BCUT2D eigenvalue weighted by Crippen LogP contribution is -2.36. The van der Waals surface area contributed by atoms with Crippen LogP contribution in [0.15, 0.2) is 36.5 Å². The third-order valence-electron chi connectivity index (χ3n) is 3.66. The third-order valence-corrected chi connectivity index (χ3v) is 3.85. The summed E-state index contributed by atoms with van der Waals surface area (Å²) in [6, 6.07) is 9.50. The number of Topliss-reactive ketones (excluding diaryl/α,β-unsaturated/α-hetero) is 1. The summed E-state index contributed by atoms with van der Waals surface area (Å²) in [5.74, 6) is 0.189. The molecule has 1 aliphatic heterocycles. The molecule has 1 atom stereocenters. The van der Waals surface area contributed by atoms with Crippen LogP contribution >= 0.6 is 11.6 Å². The van der Waals surface area contributed by atoms with E-state index in [1.54, 1.807) is 17.8 Å². The van der Waals surface area contributed by atoms with E-state index in [2.05, 4.69) is 5.10 Å². The maximum absolute atomic E-state index is 12.3.